The summed E-state index contributed by atoms with van der Waals surface area (Å²) in [5, 5.41) is 3.05. The van der Waals surface area contributed by atoms with Crippen molar-refractivity contribution in [3.63, 3.8) is 0 Å². The van der Waals surface area contributed by atoms with E-state index in [2.05, 4.69) is 56.4 Å². The van der Waals surface area contributed by atoms with Crippen LogP contribution in [0.1, 0.15) is 56.2 Å². The molecule has 0 bridgehead atoms. The summed E-state index contributed by atoms with van der Waals surface area (Å²) in [6, 6.07) is 16.4. The van der Waals surface area contributed by atoms with Crippen molar-refractivity contribution in [3.8, 4) is 0 Å². The highest BCUT2D eigenvalue weighted by molar-refractivity contribution is 5.93. The molecule has 122 valence electrons. The van der Waals surface area contributed by atoms with Gasteiger partial charge >= 0.3 is 0 Å². The molecular formula is C21H27NO. The van der Waals surface area contributed by atoms with Crippen LogP contribution in [0.2, 0.25) is 0 Å². The van der Waals surface area contributed by atoms with Crippen LogP contribution in [-0.4, -0.2) is 5.91 Å². The highest BCUT2D eigenvalue weighted by atomic mass is 16.1. The molecule has 0 saturated carbocycles. The highest BCUT2D eigenvalue weighted by Crippen LogP contribution is 2.23. The molecule has 0 aromatic heterocycles. The lowest BCUT2D eigenvalue weighted by atomic mass is 10.0. The standard InChI is InChI=1S/C21H27NO/c1-4-5-8-17-11-13-18(14-12-17)15-21(23)22-20-10-7-6-9-19(20)16(2)3/h6-7,9-14,16H,4-5,8,15H2,1-3H3,(H,22,23). The van der Waals surface area contributed by atoms with E-state index >= 15 is 0 Å². The van der Waals surface area contributed by atoms with E-state index in [-0.39, 0.29) is 5.91 Å². The van der Waals surface area contributed by atoms with Crippen molar-refractivity contribution in [2.45, 2.75) is 52.4 Å². The molecule has 2 nitrogen and oxygen atoms in total. The minimum atomic E-state index is 0.0411. The molecule has 0 radical (unpaired) electrons. The number of hydrogen-bond donors (Lipinski definition) is 1. The van der Waals surface area contributed by atoms with E-state index in [0.29, 0.717) is 12.3 Å². The van der Waals surface area contributed by atoms with Gasteiger partial charge in [-0.05, 0) is 41.5 Å². The summed E-state index contributed by atoms with van der Waals surface area (Å²) in [5.74, 6) is 0.434. The maximum absolute atomic E-state index is 12.3. The second-order valence-corrected chi connectivity index (χ2v) is 6.39. The molecule has 0 spiro atoms. The van der Waals surface area contributed by atoms with Crippen molar-refractivity contribution in [2.75, 3.05) is 5.32 Å². The van der Waals surface area contributed by atoms with Crippen LogP contribution in [-0.2, 0) is 17.6 Å². The number of carbonyl (C=O) groups excluding carboxylic acids is 1. The van der Waals surface area contributed by atoms with Gasteiger partial charge in [-0.1, -0.05) is 69.7 Å². The predicted octanol–water partition coefficient (Wildman–Crippen LogP) is 5.33. The third-order valence-electron chi connectivity index (χ3n) is 4.06. The van der Waals surface area contributed by atoms with Gasteiger partial charge in [-0.15, -0.1) is 0 Å². The number of aryl methyl sites for hydroxylation is 1. The lowest BCUT2D eigenvalue weighted by Crippen LogP contribution is -2.15. The van der Waals surface area contributed by atoms with E-state index in [1.165, 1.54) is 24.0 Å². The maximum atomic E-state index is 12.3. The van der Waals surface area contributed by atoms with Crippen LogP contribution in [0.15, 0.2) is 48.5 Å². The molecule has 2 aromatic carbocycles. The number of rotatable bonds is 7. The second kappa shape index (κ2) is 8.52. The van der Waals surface area contributed by atoms with Gasteiger partial charge in [-0.2, -0.15) is 0 Å². The molecule has 2 rings (SSSR count). The molecule has 0 fully saturated rings. The number of carbonyl (C=O) groups is 1. The summed E-state index contributed by atoms with van der Waals surface area (Å²) in [6.45, 7) is 6.48. The summed E-state index contributed by atoms with van der Waals surface area (Å²) in [4.78, 5) is 12.3. The van der Waals surface area contributed by atoms with Crippen LogP contribution in [0, 0.1) is 0 Å². The third-order valence-corrected chi connectivity index (χ3v) is 4.06. The van der Waals surface area contributed by atoms with E-state index in [4.69, 9.17) is 0 Å². The summed E-state index contributed by atoms with van der Waals surface area (Å²) in [7, 11) is 0. The summed E-state index contributed by atoms with van der Waals surface area (Å²) in [6.07, 6.45) is 3.95. The SMILES string of the molecule is CCCCc1ccc(CC(=O)Nc2ccccc2C(C)C)cc1. The average Bonchev–Trinajstić information content (AvgIpc) is 2.54. The normalized spacial score (nSPS) is 10.8. The monoisotopic (exact) mass is 309 g/mol. The van der Waals surface area contributed by atoms with E-state index in [1.54, 1.807) is 0 Å². The Morgan fingerprint density at radius 1 is 1.00 bits per heavy atom. The second-order valence-electron chi connectivity index (χ2n) is 6.39. The zero-order chi connectivity index (χ0) is 16.7. The largest absolute Gasteiger partial charge is 0.326 e. The first-order valence-electron chi connectivity index (χ1n) is 8.56. The molecular weight excluding hydrogens is 282 g/mol. The number of nitrogens with one attached hydrogen (secondary N) is 1. The smallest absolute Gasteiger partial charge is 0.228 e. The summed E-state index contributed by atoms with van der Waals surface area (Å²) < 4.78 is 0. The molecule has 0 aliphatic rings. The van der Waals surface area contributed by atoms with Crippen LogP contribution in [0.3, 0.4) is 0 Å². The van der Waals surface area contributed by atoms with Gasteiger partial charge in [-0.3, -0.25) is 4.79 Å². The fourth-order valence-corrected chi connectivity index (χ4v) is 2.70. The van der Waals surface area contributed by atoms with Gasteiger partial charge in [-0.25, -0.2) is 0 Å². The number of anilines is 1. The van der Waals surface area contributed by atoms with Crippen molar-refractivity contribution in [1.29, 1.82) is 0 Å². The number of hydrogen-bond acceptors (Lipinski definition) is 1. The Balaban J connectivity index is 1.97. The van der Waals surface area contributed by atoms with Crippen LogP contribution in [0.5, 0.6) is 0 Å². The van der Waals surface area contributed by atoms with Crippen molar-refractivity contribution >= 4 is 11.6 Å². The average molecular weight is 309 g/mol. The van der Waals surface area contributed by atoms with Crippen molar-refractivity contribution < 1.29 is 4.79 Å². The minimum absolute atomic E-state index is 0.0411. The quantitative estimate of drug-likeness (QED) is 0.735. The van der Waals surface area contributed by atoms with Crippen molar-refractivity contribution in [3.05, 3.63) is 65.2 Å². The fraction of sp³-hybridized carbons (Fsp3) is 0.381. The molecule has 0 aliphatic carbocycles. The van der Waals surface area contributed by atoms with Crippen molar-refractivity contribution in [2.24, 2.45) is 0 Å². The van der Waals surface area contributed by atoms with Gasteiger partial charge < -0.3 is 5.32 Å². The molecule has 1 amide bonds. The summed E-state index contributed by atoms with van der Waals surface area (Å²) >= 11 is 0. The Kier molecular flexibility index (Phi) is 6.40. The Morgan fingerprint density at radius 3 is 2.30 bits per heavy atom. The van der Waals surface area contributed by atoms with Crippen LogP contribution in [0.25, 0.3) is 0 Å². The number of unbranched alkanes of at least 4 members (excludes halogenated alkanes) is 1. The Hall–Kier alpha value is -2.09. The third kappa shape index (κ3) is 5.24. The molecule has 2 aromatic rings. The van der Waals surface area contributed by atoms with Gasteiger partial charge in [0.05, 0.1) is 6.42 Å². The molecule has 1 N–H and O–H groups in total. The minimum Gasteiger partial charge on any atom is -0.326 e. The van der Waals surface area contributed by atoms with Crippen LogP contribution in [0.4, 0.5) is 5.69 Å². The van der Waals surface area contributed by atoms with Gasteiger partial charge in [0.2, 0.25) is 5.91 Å². The van der Waals surface area contributed by atoms with E-state index < -0.39 is 0 Å². The zero-order valence-electron chi connectivity index (χ0n) is 14.4. The summed E-state index contributed by atoms with van der Waals surface area (Å²) in [5.41, 5.74) is 4.51. The molecule has 23 heavy (non-hydrogen) atoms. The first kappa shape index (κ1) is 17.3. The molecule has 0 unspecified atom stereocenters. The Bertz CT molecular complexity index is 629. The Labute approximate surface area is 139 Å². The predicted molar refractivity (Wildman–Crippen MR) is 97.9 cm³/mol. The molecule has 2 heteroatoms. The number of para-hydroxylation sites is 1. The first-order chi connectivity index (χ1) is 11.1. The van der Waals surface area contributed by atoms with Gasteiger partial charge in [0.15, 0.2) is 0 Å². The molecule has 0 heterocycles. The Morgan fingerprint density at radius 2 is 1.65 bits per heavy atom. The zero-order valence-corrected chi connectivity index (χ0v) is 14.4. The lowest BCUT2D eigenvalue weighted by molar-refractivity contribution is -0.115. The topological polar surface area (TPSA) is 29.1 Å². The highest BCUT2D eigenvalue weighted by Gasteiger charge is 2.09. The van der Waals surface area contributed by atoms with E-state index in [0.717, 1.165) is 17.7 Å². The van der Waals surface area contributed by atoms with Gasteiger partial charge in [0.25, 0.3) is 0 Å². The first-order valence-corrected chi connectivity index (χ1v) is 8.56. The van der Waals surface area contributed by atoms with Crippen molar-refractivity contribution in [1.82, 2.24) is 0 Å². The number of amides is 1. The molecule has 0 aliphatic heterocycles. The van der Waals surface area contributed by atoms with Crippen LogP contribution < -0.4 is 5.32 Å². The lowest BCUT2D eigenvalue weighted by Gasteiger charge is -2.13. The fourth-order valence-electron chi connectivity index (χ4n) is 2.70. The maximum Gasteiger partial charge on any atom is 0.228 e. The van der Waals surface area contributed by atoms with Gasteiger partial charge in [0, 0.05) is 5.69 Å². The van der Waals surface area contributed by atoms with Gasteiger partial charge in [0.1, 0.15) is 0 Å². The number of benzene rings is 2. The van der Waals surface area contributed by atoms with E-state index in [9.17, 15) is 4.79 Å². The van der Waals surface area contributed by atoms with E-state index in [1.807, 2.05) is 18.2 Å². The van der Waals surface area contributed by atoms with Crippen LogP contribution >= 0.6 is 0 Å². The molecule has 0 saturated heterocycles. The molecule has 0 atom stereocenters.